The van der Waals surface area contributed by atoms with Crippen LogP contribution in [0.1, 0.15) is 39.5 Å². The molecule has 13 heavy (non-hydrogen) atoms. The highest BCUT2D eigenvalue weighted by Gasteiger charge is 2.27. The van der Waals surface area contributed by atoms with Gasteiger partial charge in [0.05, 0.1) is 6.04 Å². The first-order valence-electron chi connectivity index (χ1n) is 5.20. The molecule has 0 bridgehead atoms. The lowest BCUT2D eigenvalue weighted by molar-refractivity contribution is -0.119. The van der Waals surface area contributed by atoms with E-state index < -0.39 is 0 Å². The van der Waals surface area contributed by atoms with E-state index in [1.54, 1.807) is 0 Å². The van der Waals surface area contributed by atoms with Crippen molar-refractivity contribution in [3.8, 4) is 0 Å². The van der Waals surface area contributed by atoms with Crippen molar-refractivity contribution in [1.82, 2.24) is 5.32 Å². The summed E-state index contributed by atoms with van der Waals surface area (Å²) in [5.74, 6) is 0.489. The van der Waals surface area contributed by atoms with E-state index >= 15 is 0 Å². The smallest absolute Gasteiger partial charge is 0.234 e. The van der Waals surface area contributed by atoms with Crippen molar-refractivity contribution in [3.05, 3.63) is 0 Å². The fourth-order valence-electron chi connectivity index (χ4n) is 2.15. The lowest BCUT2D eigenvalue weighted by Crippen LogP contribution is -2.45. The molecule has 0 heterocycles. The number of carbonyl (C=O) groups excluding carboxylic acids is 1. The summed E-state index contributed by atoms with van der Waals surface area (Å²) < 4.78 is 0. The van der Waals surface area contributed by atoms with Crippen LogP contribution in [-0.2, 0) is 4.79 Å². The second-order valence-corrected chi connectivity index (χ2v) is 4.00. The van der Waals surface area contributed by atoms with Crippen molar-refractivity contribution in [3.63, 3.8) is 0 Å². The number of rotatable bonds is 4. The van der Waals surface area contributed by atoms with Gasteiger partial charge in [0.15, 0.2) is 0 Å². The molecule has 3 heteroatoms. The first-order valence-corrected chi connectivity index (χ1v) is 5.20. The summed E-state index contributed by atoms with van der Waals surface area (Å²) in [7, 11) is 0. The van der Waals surface area contributed by atoms with E-state index in [-0.39, 0.29) is 11.9 Å². The third-order valence-corrected chi connectivity index (χ3v) is 3.07. The van der Waals surface area contributed by atoms with Crippen LogP contribution in [0.3, 0.4) is 0 Å². The number of hydrogen-bond donors (Lipinski definition) is 2. The van der Waals surface area contributed by atoms with Gasteiger partial charge < -0.3 is 11.1 Å². The maximum absolute atomic E-state index is 10.8. The Labute approximate surface area is 80.1 Å². The van der Waals surface area contributed by atoms with E-state index in [0.29, 0.717) is 6.04 Å². The average Bonchev–Trinajstić information content (AvgIpc) is 2.51. The van der Waals surface area contributed by atoms with Crippen LogP contribution in [0, 0.1) is 5.92 Å². The molecular formula is C10H20N2O. The Hall–Kier alpha value is -0.570. The topological polar surface area (TPSA) is 55.1 Å². The van der Waals surface area contributed by atoms with Crippen LogP contribution >= 0.6 is 0 Å². The van der Waals surface area contributed by atoms with Crippen molar-refractivity contribution >= 4 is 5.91 Å². The highest BCUT2D eigenvalue weighted by molar-refractivity contribution is 5.79. The Bertz CT molecular complexity index is 182. The van der Waals surface area contributed by atoms with Gasteiger partial charge in [0.25, 0.3) is 0 Å². The molecule has 3 atom stereocenters. The predicted molar refractivity (Wildman–Crippen MR) is 53.2 cm³/mol. The molecule has 0 aromatic heterocycles. The average molecular weight is 184 g/mol. The summed E-state index contributed by atoms with van der Waals surface area (Å²) in [5.41, 5.74) is 5.20. The maximum Gasteiger partial charge on any atom is 0.234 e. The Balaban J connectivity index is 2.39. The zero-order valence-corrected chi connectivity index (χ0v) is 8.55. The van der Waals surface area contributed by atoms with Crippen LogP contribution in [0.15, 0.2) is 0 Å². The van der Waals surface area contributed by atoms with Crippen molar-refractivity contribution < 1.29 is 4.79 Å². The Morgan fingerprint density at radius 3 is 2.85 bits per heavy atom. The largest absolute Gasteiger partial charge is 0.368 e. The van der Waals surface area contributed by atoms with Crippen LogP contribution in [0.4, 0.5) is 0 Å². The number of nitrogens with one attached hydrogen (secondary N) is 1. The van der Waals surface area contributed by atoms with Gasteiger partial charge in [0.1, 0.15) is 0 Å². The predicted octanol–water partition coefficient (Wildman–Crippen LogP) is 1.03. The van der Waals surface area contributed by atoms with Crippen LogP contribution in [0.25, 0.3) is 0 Å². The SMILES string of the molecule is CCC1CCCC1NC(C)C(N)=O. The Morgan fingerprint density at radius 2 is 2.31 bits per heavy atom. The molecule has 76 valence electrons. The second-order valence-electron chi connectivity index (χ2n) is 4.00. The molecule has 0 radical (unpaired) electrons. The minimum Gasteiger partial charge on any atom is -0.368 e. The van der Waals surface area contributed by atoms with Gasteiger partial charge in [-0.2, -0.15) is 0 Å². The summed E-state index contributed by atoms with van der Waals surface area (Å²) in [6.07, 6.45) is 4.96. The van der Waals surface area contributed by atoms with Crippen molar-refractivity contribution in [2.24, 2.45) is 11.7 Å². The second kappa shape index (κ2) is 4.61. The normalized spacial score (nSPS) is 30.3. The molecule has 1 saturated carbocycles. The van der Waals surface area contributed by atoms with Gasteiger partial charge >= 0.3 is 0 Å². The quantitative estimate of drug-likeness (QED) is 0.685. The highest BCUT2D eigenvalue weighted by atomic mass is 16.1. The van der Waals surface area contributed by atoms with E-state index in [4.69, 9.17) is 5.73 Å². The van der Waals surface area contributed by atoms with E-state index in [0.717, 1.165) is 5.92 Å². The maximum atomic E-state index is 10.8. The fraction of sp³-hybridized carbons (Fsp3) is 0.900. The molecule has 3 unspecified atom stereocenters. The first kappa shape index (κ1) is 10.5. The lowest BCUT2D eigenvalue weighted by atomic mass is 10.00. The van der Waals surface area contributed by atoms with Gasteiger partial charge in [-0.15, -0.1) is 0 Å². The lowest BCUT2D eigenvalue weighted by Gasteiger charge is -2.22. The van der Waals surface area contributed by atoms with Gasteiger partial charge in [-0.1, -0.05) is 19.8 Å². The Morgan fingerprint density at radius 1 is 1.62 bits per heavy atom. The van der Waals surface area contributed by atoms with Gasteiger partial charge in [-0.25, -0.2) is 0 Å². The van der Waals surface area contributed by atoms with E-state index in [1.165, 1.54) is 25.7 Å². The fourth-order valence-corrected chi connectivity index (χ4v) is 2.15. The van der Waals surface area contributed by atoms with Gasteiger partial charge in [-0.3, -0.25) is 4.79 Å². The first-order chi connectivity index (χ1) is 6.15. The summed E-state index contributed by atoms with van der Waals surface area (Å²) in [4.78, 5) is 10.8. The summed E-state index contributed by atoms with van der Waals surface area (Å²) in [6.45, 7) is 4.05. The van der Waals surface area contributed by atoms with E-state index in [9.17, 15) is 4.79 Å². The van der Waals surface area contributed by atoms with Gasteiger partial charge in [0, 0.05) is 6.04 Å². The summed E-state index contributed by atoms with van der Waals surface area (Å²) in [5, 5.41) is 3.30. The standard InChI is InChI=1S/C10H20N2O/c1-3-8-5-4-6-9(8)12-7(2)10(11)13/h7-9,12H,3-6H2,1-2H3,(H2,11,13). The molecule has 0 spiro atoms. The zero-order valence-electron chi connectivity index (χ0n) is 8.55. The van der Waals surface area contributed by atoms with Crippen molar-refractivity contribution in [2.45, 2.75) is 51.6 Å². The number of carbonyl (C=O) groups is 1. The minimum atomic E-state index is -0.248. The van der Waals surface area contributed by atoms with Crippen LogP contribution < -0.4 is 11.1 Å². The molecule has 3 nitrogen and oxygen atoms in total. The minimum absolute atomic E-state index is 0.183. The third kappa shape index (κ3) is 2.69. The van der Waals surface area contributed by atoms with Gasteiger partial charge in [-0.05, 0) is 25.7 Å². The van der Waals surface area contributed by atoms with Crippen molar-refractivity contribution in [2.75, 3.05) is 0 Å². The molecule has 1 aliphatic rings. The third-order valence-electron chi connectivity index (χ3n) is 3.07. The molecule has 1 aliphatic carbocycles. The molecule has 0 aromatic rings. The molecule has 3 N–H and O–H groups in total. The molecular weight excluding hydrogens is 164 g/mol. The number of amides is 1. The number of primary amides is 1. The van der Waals surface area contributed by atoms with Crippen LogP contribution in [-0.4, -0.2) is 18.0 Å². The van der Waals surface area contributed by atoms with Gasteiger partial charge in [0.2, 0.25) is 5.91 Å². The number of hydrogen-bond acceptors (Lipinski definition) is 2. The molecule has 1 amide bonds. The van der Waals surface area contributed by atoms with Crippen molar-refractivity contribution in [1.29, 1.82) is 0 Å². The molecule has 1 fully saturated rings. The molecule has 0 saturated heterocycles. The Kier molecular flexibility index (Phi) is 3.72. The summed E-state index contributed by atoms with van der Waals surface area (Å²) >= 11 is 0. The molecule has 1 rings (SSSR count). The number of nitrogens with two attached hydrogens (primary N) is 1. The van der Waals surface area contributed by atoms with E-state index in [1.807, 2.05) is 6.92 Å². The van der Waals surface area contributed by atoms with Crippen LogP contribution in [0.5, 0.6) is 0 Å². The molecule has 0 aromatic carbocycles. The van der Waals surface area contributed by atoms with E-state index in [2.05, 4.69) is 12.2 Å². The monoisotopic (exact) mass is 184 g/mol. The zero-order chi connectivity index (χ0) is 9.84. The highest BCUT2D eigenvalue weighted by Crippen LogP contribution is 2.28. The summed E-state index contributed by atoms with van der Waals surface area (Å²) in [6, 6.07) is 0.324. The van der Waals surface area contributed by atoms with Crippen LogP contribution in [0.2, 0.25) is 0 Å². The molecule has 0 aliphatic heterocycles.